The van der Waals surface area contributed by atoms with Crippen LogP contribution in [0.5, 0.6) is 0 Å². The summed E-state index contributed by atoms with van der Waals surface area (Å²) in [6.07, 6.45) is 14.7. The van der Waals surface area contributed by atoms with Crippen molar-refractivity contribution < 1.29 is 0 Å². The van der Waals surface area contributed by atoms with Gasteiger partial charge in [-0.25, -0.2) is 4.98 Å². The normalized spacial score (nSPS) is 34.0. The van der Waals surface area contributed by atoms with Crippen LogP contribution in [0, 0.1) is 30.1 Å². The minimum Gasteiger partial charge on any atom is -0.367 e. The molecular formula is C27H37N5. The number of allylic oxidation sites excluding steroid dienone is 2. The van der Waals surface area contributed by atoms with Crippen LogP contribution in [-0.2, 0) is 7.05 Å². The van der Waals surface area contributed by atoms with E-state index in [4.69, 9.17) is 4.98 Å². The van der Waals surface area contributed by atoms with Crippen LogP contribution in [0.25, 0.3) is 11.1 Å². The van der Waals surface area contributed by atoms with Gasteiger partial charge in [0.2, 0.25) is 0 Å². The van der Waals surface area contributed by atoms with E-state index in [0.717, 1.165) is 34.8 Å². The number of aryl methyl sites for hydroxylation is 2. The first-order chi connectivity index (χ1) is 15.4. The molecule has 3 heterocycles. The van der Waals surface area contributed by atoms with Gasteiger partial charge in [-0.1, -0.05) is 18.6 Å². The average Bonchev–Trinajstić information content (AvgIpc) is 3.45. The summed E-state index contributed by atoms with van der Waals surface area (Å²) in [6, 6.07) is 4.87. The van der Waals surface area contributed by atoms with Crippen LogP contribution in [0.3, 0.4) is 0 Å². The van der Waals surface area contributed by atoms with E-state index in [0.29, 0.717) is 11.5 Å². The van der Waals surface area contributed by atoms with Gasteiger partial charge in [-0.2, -0.15) is 5.10 Å². The maximum Gasteiger partial charge on any atom is 0.126 e. The highest BCUT2D eigenvalue weighted by molar-refractivity contribution is 5.65. The van der Waals surface area contributed by atoms with Crippen LogP contribution < -0.4 is 5.32 Å². The number of likely N-dealkylation sites (tertiary alicyclic amines) is 1. The summed E-state index contributed by atoms with van der Waals surface area (Å²) in [6.45, 7) is 8.46. The average molecular weight is 432 g/mol. The lowest BCUT2D eigenvalue weighted by Gasteiger charge is -2.39. The SMILES string of the molecule is Cc1nn(C)cc1-c1ccc(N[C@H]2C[C@@H]3CN(CC45CC=C(CC(C)C4)C5)C[C@@H]3C2)nc1. The molecule has 2 unspecified atom stereocenters. The summed E-state index contributed by atoms with van der Waals surface area (Å²) in [5, 5.41) is 8.19. The van der Waals surface area contributed by atoms with Crippen LogP contribution in [0.15, 0.2) is 36.2 Å². The van der Waals surface area contributed by atoms with Gasteiger partial charge in [-0.3, -0.25) is 4.68 Å². The molecular weight excluding hydrogens is 394 g/mol. The standard InChI is InChI=1S/C27H37N5/c1-18-8-20-6-7-27(11-18,12-20)17-32-14-22-9-24(10-23(22)15-32)29-26-5-4-21(13-28-26)25-16-31(3)30-19(25)2/h4-6,13,16,18,22-24H,7-12,14-15,17H2,1-3H3,(H,28,29)/t18?,22-,23+,24+,27?. The highest BCUT2D eigenvalue weighted by atomic mass is 15.2. The quantitative estimate of drug-likeness (QED) is 0.673. The number of hydrogen-bond acceptors (Lipinski definition) is 4. The first-order valence-electron chi connectivity index (χ1n) is 12.6. The summed E-state index contributed by atoms with van der Waals surface area (Å²) in [4.78, 5) is 7.55. The van der Waals surface area contributed by atoms with Crippen molar-refractivity contribution >= 4 is 5.82 Å². The number of aromatic nitrogens is 3. The topological polar surface area (TPSA) is 46.0 Å². The third-order valence-electron chi connectivity index (χ3n) is 8.64. The van der Waals surface area contributed by atoms with Crippen LogP contribution in [-0.4, -0.2) is 45.3 Å². The number of anilines is 1. The Morgan fingerprint density at radius 3 is 2.69 bits per heavy atom. The number of nitrogens with zero attached hydrogens (tertiary/aromatic N) is 4. The van der Waals surface area contributed by atoms with E-state index in [1.807, 2.05) is 17.9 Å². The largest absolute Gasteiger partial charge is 0.367 e. The van der Waals surface area contributed by atoms with E-state index in [9.17, 15) is 0 Å². The van der Waals surface area contributed by atoms with Gasteiger partial charge < -0.3 is 10.2 Å². The van der Waals surface area contributed by atoms with Gasteiger partial charge >= 0.3 is 0 Å². The number of hydrogen-bond donors (Lipinski definition) is 1. The third kappa shape index (κ3) is 3.79. The third-order valence-corrected chi connectivity index (χ3v) is 8.64. The fraction of sp³-hybridized carbons (Fsp3) is 0.630. The number of rotatable bonds is 5. The summed E-state index contributed by atoms with van der Waals surface area (Å²) in [5.41, 5.74) is 5.68. The Hall–Kier alpha value is -2.14. The molecule has 0 spiro atoms. The van der Waals surface area contributed by atoms with Gasteiger partial charge in [0.1, 0.15) is 5.82 Å². The molecule has 3 aliphatic carbocycles. The lowest BCUT2D eigenvalue weighted by Crippen LogP contribution is -2.38. The van der Waals surface area contributed by atoms with Crippen molar-refractivity contribution in [3.8, 4) is 11.1 Å². The predicted molar refractivity (Wildman–Crippen MR) is 129 cm³/mol. The van der Waals surface area contributed by atoms with Crippen LogP contribution in [0.1, 0.15) is 51.1 Å². The van der Waals surface area contributed by atoms with Crippen molar-refractivity contribution in [2.45, 2.75) is 58.4 Å². The van der Waals surface area contributed by atoms with Gasteiger partial charge in [-0.05, 0) is 80.8 Å². The second-order valence-electron chi connectivity index (χ2n) is 11.5. The second kappa shape index (κ2) is 7.72. The molecule has 5 nitrogen and oxygen atoms in total. The van der Waals surface area contributed by atoms with Crippen molar-refractivity contribution in [2.75, 3.05) is 25.0 Å². The van der Waals surface area contributed by atoms with E-state index in [-0.39, 0.29) is 0 Å². The second-order valence-corrected chi connectivity index (χ2v) is 11.5. The molecule has 5 atom stereocenters. The lowest BCUT2D eigenvalue weighted by molar-refractivity contribution is 0.127. The number of pyridine rings is 1. The summed E-state index contributed by atoms with van der Waals surface area (Å²) in [7, 11) is 1.97. The molecule has 2 aromatic rings. The Morgan fingerprint density at radius 1 is 1.19 bits per heavy atom. The van der Waals surface area contributed by atoms with Gasteiger partial charge in [-0.15, -0.1) is 0 Å². The lowest BCUT2D eigenvalue weighted by atomic mass is 9.71. The predicted octanol–water partition coefficient (Wildman–Crippen LogP) is 5.05. The summed E-state index contributed by atoms with van der Waals surface area (Å²) >= 11 is 0. The minimum absolute atomic E-state index is 0.568. The highest BCUT2D eigenvalue weighted by Gasteiger charge is 2.46. The van der Waals surface area contributed by atoms with Crippen molar-refractivity contribution in [2.24, 2.45) is 30.2 Å². The maximum atomic E-state index is 4.72. The van der Waals surface area contributed by atoms with Crippen LogP contribution in [0.2, 0.25) is 0 Å². The zero-order valence-electron chi connectivity index (χ0n) is 19.8. The van der Waals surface area contributed by atoms with E-state index in [1.165, 1.54) is 63.7 Å². The van der Waals surface area contributed by atoms with Gasteiger partial charge in [0.15, 0.2) is 0 Å². The molecule has 5 heteroatoms. The summed E-state index contributed by atoms with van der Waals surface area (Å²) < 4.78 is 1.87. The fourth-order valence-electron chi connectivity index (χ4n) is 7.59. The van der Waals surface area contributed by atoms with E-state index < -0.39 is 0 Å². The van der Waals surface area contributed by atoms with Crippen molar-refractivity contribution in [1.82, 2.24) is 19.7 Å². The molecule has 2 saturated carbocycles. The van der Waals surface area contributed by atoms with E-state index in [2.05, 4.69) is 53.6 Å². The van der Waals surface area contributed by atoms with Crippen molar-refractivity contribution in [1.29, 1.82) is 0 Å². The fourth-order valence-corrected chi connectivity index (χ4v) is 7.59. The minimum atomic E-state index is 0.568. The summed E-state index contributed by atoms with van der Waals surface area (Å²) in [5.74, 6) is 3.61. The molecule has 3 fully saturated rings. The van der Waals surface area contributed by atoms with Crippen LogP contribution >= 0.6 is 0 Å². The molecule has 170 valence electrons. The zero-order chi connectivity index (χ0) is 21.9. The smallest absolute Gasteiger partial charge is 0.126 e. The van der Waals surface area contributed by atoms with Gasteiger partial charge in [0.05, 0.1) is 5.69 Å². The monoisotopic (exact) mass is 431 g/mol. The Morgan fingerprint density at radius 2 is 2.00 bits per heavy atom. The molecule has 4 aliphatic rings. The molecule has 0 aromatic carbocycles. The Balaban J connectivity index is 1.03. The highest BCUT2D eigenvalue weighted by Crippen LogP contribution is 2.51. The molecule has 2 aromatic heterocycles. The Labute approximate surface area is 192 Å². The Bertz CT molecular complexity index is 1010. The van der Waals surface area contributed by atoms with E-state index in [1.54, 1.807) is 5.57 Å². The number of fused-ring (bicyclic) bond motifs is 3. The molecule has 0 radical (unpaired) electrons. The molecule has 32 heavy (non-hydrogen) atoms. The zero-order valence-corrected chi connectivity index (χ0v) is 19.8. The first kappa shape index (κ1) is 20.5. The van der Waals surface area contributed by atoms with E-state index >= 15 is 0 Å². The first-order valence-corrected chi connectivity index (χ1v) is 12.6. The van der Waals surface area contributed by atoms with Crippen molar-refractivity contribution in [3.05, 3.63) is 41.9 Å². The molecule has 1 saturated heterocycles. The van der Waals surface area contributed by atoms with Gasteiger partial charge in [0, 0.05) is 56.2 Å². The maximum absolute atomic E-state index is 4.72. The molecule has 2 bridgehead atoms. The number of nitrogens with one attached hydrogen (secondary N) is 1. The van der Waals surface area contributed by atoms with Crippen LogP contribution in [0.4, 0.5) is 5.82 Å². The molecule has 1 aliphatic heterocycles. The molecule has 1 N–H and O–H groups in total. The molecule has 6 rings (SSSR count). The van der Waals surface area contributed by atoms with Crippen molar-refractivity contribution in [3.63, 3.8) is 0 Å². The Kier molecular flexibility index (Phi) is 4.94. The molecule has 0 amide bonds. The van der Waals surface area contributed by atoms with Gasteiger partial charge in [0.25, 0.3) is 0 Å².